The van der Waals surface area contributed by atoms with Gasteiger partial charge in [0.05, 0.1) is 16.7 Å². The Morgan fingerprint density at radius 1 is 1.27 bits per heavy atom. The van der Waals surface area contributed by atoms with Crippen LogP contribution in [0.25, 0.3) is 0 Å². The van der Waals surface area contributed by atoms with Crippen molar-refractivity contribution < 1.29 is 14.3 Å². The van der Waals surface area contributed by atoms with E-state index in [4.69, 9.17) is 26.3 Å². The Hall–Kier alpha value is -2.24. The van der Waals surface area contributed by atoms with Crippen molar-refractivity contribution in [1.82, 2.24) is 9.62 Å². The van der Waals surface area contributed by atoms with Gasteiger partial charge in [0.1, 0.15) is 17.8 Å². The van der Waals surface area contributed by atoms with Gasteiger partial charge in [0.2, 0.25) is 5.91 Å². The summed E-state index contributed by atoms with van der Waals surface area (Å²) in [7, 11) is 0. The number of ether oxygens (including phenoxy) is 2. The van der Waals surface area contributed by atoms with E-state index in [1.807, 2.05) is 12.1 Å². The fourth-order valence-electron chi connectivity index (χ4n) is 4.00. The number of benzene rings is 2. The molecule has 0 radical (unpaired) electrons. The number of nitriles is 1. The van der Waals surface area contributed by atoms with Crippen LogP contribution in [0.5, 0.6) is 5.75 Å². The van der Waals surface area contributed by atoms with E-state index in [1.165, 1.54) is 5.56 Å². The zero-order valence-corrected chi connectivity index (χ0v) is 20.3. The van der Waals surface area contributed by atoms with Crippen LogP contribution in [0.3, 0.4) is 0 Å². The molecule has 0 aromatic heterocycles. The average Bonchev–Trinajstić information content (AvgIpc) is 2.82. The number of halogens is 1. The molecule has 0 atom stereocenters. The maximum Gasteiger partial charge on any atom is 0.232 e. The topological polar surface area (TPSA) is 74.6 Å². The quantitative estimate of drug-likeness (QED) is 0.556. The second-order valence-corrected chi connectivity index (χ2v) is 10.1. The maximum absolute atomic E-state index is 13.3. The van der Waals surface area contributed by atoms with Gasteiger partial charge in [-0.25, -0.2) is 4.31 Å². The highest BCUT2D eigenvalue weighted by molar-refractivity contribution is 7.97. The van der Waals surface area contributed by atoms with Gasteiger partial charge in [0.15, 0.2) is 0 Å². The summed E-state index contributed by atoms with van der Waals surface area (Å²) in [6.07, 6.45) is 2.60. The van der Waals surface area contributed by atoms with Crippen LogP contribution in [0.15, 0.2) is 47.4 Å². The van der Waals surface area contributed by atoms with E-state index < -0.39 is 5.41 Å². The Balaban J connectivity index is 1.42. The number of rotatable bonds is 8. The van der Waals surface area contributed by atoms with Gasteiger partial charge in [-0.2, -0.15) is 5.26 Å². The molecule has 0 aliphatic carbocycles. The highest BCUT2D eigenvalue weighted by atomic mass is 35.5. The molecule has 8 heteroatoms. The fourth-order valence-corrected chi connectivity index (χ4v) is 5.48. The number of hydrogen-bond acceptors (Lipinski definition) is 6. The molecule has 33 heavy (non-hydrogen) atoms. The Kier molecular flexibility index (Phi) is 7.82. The first-order valence-electron chi connectivity index (χ1n) is 11.2. The second-order valence-electron chi connectivity index (χ2n) is 8.57. The summed E-state index contributed by atoms with van der Waals surface area (Å²) >= 11 is 8.05. The molecule has 2 saturated heterocycles. The Bertz CT molecular complexity index is 1010. The molecule has 0 bridgehead atoms. The number of nitrogens with one attached hydrogen (secondary N) is 1. The predicted molar refractivity (Wildman–Crippen MR) is 129 cm³/mol. The molecule has 174 valence electrons. The minimum Gasteiger partial charge on any atom is -0.492 e. The Morgan fingerprint density at radius 3 is 2.64 bits per heavy atom. The summed E-state index contributed by atoms with van der Waals surface area (Å²) in [4.78, 5) is 14.3. The summed E-state index contributed by atoms with van der Waals surface area (Å²) in [5.74, 6) is 0.670. The average molecular weight is 486 g/mol. The van der Waals surface area contributed by atoms with Crippen LogP contribution in [0.2, 0.25) is 5.02 Å². The van der Waals surface area contributed by atoms with Crippen molar-refractivity contribution in [3.8, 4) is 11.8 Å². The van der Waals surface area contributed by atoms with Gasteiger partial charge in [0, 0.05) is 37.2 Å². The highest BCUT2D eigenvalue weighted by Crippen LogP contribution is 2.41. The van der Waals surface area contributed by atoms with Crippen LogP contribution in [-0.4, -0.2) is 49.2 Å². The molecule has 1 N–H and O–H groups in total. The zero-order chi connectivity index (χ0) is 23.3. The summed E-state index contributed by atoms with van der Waals surface area (Å²) in [5.41, 5.74) is 1.13. The number of hydrogen-bond donors (Lipinski definition) is 1. The lowest BCUT2D eigenvalue weighted by atomic mass is 9.81. The van der Waals surface area contributed by atoms with Gasteiger partial charge in [-0.1, -0.05) is 24.6 Å². The van der Waals surface area contributed by atoms with Crippen LogP contribution in [0, 0.1) is 16.7 Å². The summed E-state index contributed by atoms with van der Waals surface area (Å²) in [6.45, 7) is 4.85. The van der Waals surface area contributed by atoms with E-state index in [0.29, 0.717) is 37.6 Å². The Labute approximate surface area is 204 Å². The van der Waals surface area contributed by atoms with Crippen LogP contribution in [0.4, 0.5) is 0 Å². The number of aryl methyl sites for hydroxylation is 1. The van der Waals surface area contributed by atoms with Crippen molar-refractivity contribution in [2.45, 2.75) is 37.1 Å². The Morgan fingerprint density at radius 2 is 2.00 bits per heavy atom. The molecule has 4 rings (SSSR count). The first-order chi connectivity index (χ1) is 16.0. The number of amides is 1. The third-order valence-corrected chi connectivity index (χ3v) is 7.62. The van der Waals surface area contributed by atoms with Gasteiger partial charge < -0.3 is 14.8 Å². The van der Waals surface area contributed by atoms with Gasteiger partial charge in [0.25, 0.3) is 0 Å². The van der Waals surface area contributed by atoms with Crippen molar-refractivity contribution in [1.29, 1.82) is 5.26 Å². The first-order valence-corrected chi connectivity index (χ1v) is 12.4. The number of nitrogens with zero attached hydrogens (tertiary/aromatic N) is 2. The molecule has 0 unspecified atom stereocenters. The molecule has 2 fully saturated rings. The summed E-state index contributed by atoms with van der Waals surface area (Å²) < 4.78 is 13.6. The SMILES string of the molecule is CCc1ccc(SN2CC(COc3ccc(C#N)cc3)(C(=O)NC3CCOCC3)C2)c(Cl)c1. The van der Waals surface area contributed by atoms with Crippen LogP contribution >= 0.6 is 23.5 Å². The minimum absolute atomic E-state index is 0.0207. The van der Waals surface area contributed by atoms with Crippen molar-refractivity contribution in [2.24, 2.45) is 5.41 Å². The second kappa shape index (κ2) is 10.8. The molecule has 2 heterocycles. The highest BCUT2D eigenvalue weighted by Gasteiger charge is 2.51. The fraction of sp³-hybridized carbons (Fsp3) is 0.440. The molecule has 0 spiro atoms. The van der Waals surface area contributed by atoms with E-state index in [1.54, 1.807) is 36.2 Å². The summed E-state index contributed by atoms with van der Waals surface area (Å²) in [6, 6.07) is 15.3. The molecule has 1 amide bonds. The standard InChI is InChI=1S/C25H28ClN3O3S/c1-2-18-5-8-23(22(26)13-18)33-29-15-25(16-29,24(30)28-20-9-11-31-12-10-20)17-32-21-6-3-19(14-27)4-7-21/h3-8,13,20H,2,9-12,15-17H2,1H3,(H,28,30). The third kappa shape index (κ3) is 5.82. The first kappa shape index (κ1) is 23.9. The molecule has 6 nitrogen and oxygen atoms in total. The van der Waals surface area contributed by atoms with E-state index in [2.05, 4.69) is 28.7 Å². The van der Waals surface area contributed by atoms with Gasteiger partial charge in [-0.05, 0) is 73.2 Å². The smallest absolute Gasteiger partial charge is 0.232 e. The lowest BCUT2D eigenvalue weighted by Crippen LogP contribution is -2.64. The number of carbonyl (C=O) groups is 1. The normalized spacial score (nSPS) is 18.2. The molecule has 2 aliphatic heterocycles. The van der Waals surface area contributed by atoms with Gasteiger partial charge in [-0.3, -0.25) is 4.79 Å². The monoisotopic (exact) mass is 485 g/mol. The zero-order valence-electron chi connectivity index (χ0n) is 18.7. The van der Waals surface area contributed by atoms with Crippen molar-refractivity contribution in [3.05, 3.63) is 58.6 Å². The van der Waals surface area contributed by atoms with Gasteiger partial charge >= 0.3 is 0 Å². The van der Waals surface area contributed by atoms with E-state index >= 15 is 0 Å². The van der Waals surface area contributed by atoms with Crippen molar-refractivity contribution >= 4 is 29.5 Å². The molecular formula is C25H28ClN3O3S. The molecular weight excluding hydrogens is 458 g/mol. The maximum atomic E-state index is 13.3. The predicted octanol–water partition coefficient (Wildman–Crippen LogP) is 4.46. The van der Waals surface area contributed by atoms with E-state index in [0.717, 1.165) is 29.2 Å². The van der Waals surface area contributed by atoms with Crippen LogP contribution < -0.4 is 10.1 Å². The van der Waals surface area contributed by atoms with Crippen molar-refractivity contribution in [3.63, 3.8) is 0 Å². The largest absolute Gasteiger partial charge is 0.492 e. The lowest BCUT2D eigenvalue weighted by Gasteiger charge is -2.48. The van der Waals surface area contributed by atoms with E-state index in [-0.39, 0.29) is 18.6 Å². The molecule has 0 saturated carbocycles. The molecule has 2 aliphatic rings. The lowest BCUT2D eigenvalue weighted by molar-refractivity contribution is -0.141. The third-order valence-electron chi connectivity index (χ3n) is 6.13. The number of carbonyl (C=O) groups excluding carboxylic acids is 1. The minimum atomic E-state index is -0.644. The van der Waals surface area contributed by atoms with E-state index in [9.17, 15) is 4.79 Å². The summed E-state index contributed by atoms with van der Waals surface area (Å²) in [5, 5.41) is 12.9. The molecule has 2 aromatic rings. The van der Waals surface area contributed by atoms with Crippen LogP contribution in [-0.2, 0) is 16.0 Å². The van der Waals surface area contributed by atoms with Crippen molar-refractivity contribution in [2.75, 3.05) is 32.9 Å². The van der Waals surface area contributed by atoms with Crippen LogP contribution in [0.1, 0.15) is 30.9 Å². The van der Waals surface area contributed by atoms with Gasteiger partial charge in [-0.15, -0.1) is 0 Å². The molecule has 2 aromatic carbocycles.